The summed E-state index contributed by atoms with van der Waals surface area (Å²) < 4.78 is 123. The summed E-state index contributed by atoms with van der Waals surface area (Å²) >= 11 is 12.7. The Morgan fingerprint density at radius 3 is 0.707 bits per heavy atom. The topological polar surface area (TPSA) is 143 Å². The number of aryl methyl sites for hydroxylation is 4. The molecule has 302 valence electrons. The highest BCUT2D eigenvalue weighted by molar-refractivity contribution is 8.04. The Bertz CT molecular complexity index is 2520. The average molecular weight is 898 g/mol. The van der Waals surface area contributed by atoms with Crippen molar-refractivity contribution >= 4 is 63.3 Å². The monoisotopic (exact) mass is 896 g/mol. The molecule has 0 bridgehead atoms. The Morgan fingerprint density at radius 1 is 0.328 bits per heavy atom. The van der Waals surface area contributed by atoms with Crippen molar-refractivity contribution in [3.8, 4) is 0 Å². The molecule has 10 nitrogen and oxygen atoms in total. The van der Waals surface area contributed by atoms with Gasteiger partial charge in [0, 0.05) is 10.0 Å². The van der Waals surface area contributed by atoms with Gasteiger partial charge in [0.2, 0.25) is 0 Å². The minimum absolute atomic E-state index is 0.112. The summed E-state index contributed by atoms with van der Waals surface area (Å²) in [6.07, 6.45) is 0. The van der Waals surface area contributed by atoms with E-state index >= 15 is 33.7 Å². The first-order valence-corrected chi connectivity index (χ1v) is 24.1. The van der Waals surface area contributed by atoms with Gasteiger partial charge in [-0.2, -0.15) is 0 Å². The molecule has 0 amide bonds. The zero-order chi connectivity index (χ0) is 42.2. The van der Waals surface area contributed by atoms with Crippen molar-refractivity contribution < 1.29 is 33.7 Å². The zero-order valence-electron chi connectivity index (χ0n) is 31.6. The molecular weight excluding hydrogens is 860 g/mol. The van der Waals surface area contributed by atoms with Crippen LogP contribution < -0.4 is 0 Å². The van der Waals surface area contributed by atoms with E-state index in [9.17, 15) is 0 Å². The summed E-state index contributed by atoms with van der Waals surface area (Å²) in [5, 5.41) is 0.354. The maximum atomic E-state index is 15.3. The maximum Gasteiger partial charge on any atom is 0.257 e. The number of benzene rings is 6. The largest absolute Gasteiger partial charge is 0.257 e. The maximum absolute atomic E-state index is 15.3. The lowest BCUT2D eigenvalue weighted by atomic mass is 9.95. The van der Waals surface area contributed by atoms with Gasteiger partial charge in [-0.15, -0.1) is 0 Å². The molecule has 0 spiro atoms. The van der Waals surface area contributed by atoms with E-state index in [4.69, 9.17) is 23.2 Å². The summed E-state index contributed by atoms with van der Waals surface area (Å²) in [7, 11) is -21.0. The zero-order valence-corrected chi connectivity index (χ0v) is 36.3. The molecule has 2 atom stereocenters. The number of sulfonamides is 4. The van der Waals surface area contributed by atoms with Gasteiger partial charge in [-0.1, -0.05) is 126 Å². The Balaban J connectivity index is 1.83. The highest BCUT2D eigenvalue weighted by atomic mass is 35.5. The van der Waals surface area contributed by atoms with E-state index < -0.39 is 71.8 Å². The van der Waals surface area contributed by atoms with Gasteiger partial charge in [-0.05, 0) is 112 Å². The third-order valence-corrected chi connectivity index (χ3v) is 18.5. The molecule has 0 aromatic heterocycles. The highest BCUT2D eigenvalue weighted by Gasteiger charge is 2.54. The van der Waals surface area contributed by atoms with Crippen molar-refractivity contribution in [3.05, 3.63) is 189 Å². The number of nitrogens with zero attached hydrogens (tertiary/aromatic N) is 2. The second kappa shape index (κ2) is 16.7. The van der Waals surface area contributed by atoms with E-state index in [1.54, 1.807) is 27.7 Å². The van der Waals surface area contributed by atoms with Crippen molar-refractivity contribution in [1.29, 1.82) is 0 Å². The van der Waals surface area contributed by atoms with Crippen LogP contribution in [0.3, 0.4) is 0 Å². The first-order valence-electron chi connectivity index (χ1n) is 17.6. The normalized spacial score (nSPS) is 13.7. The van der Waals surface area contributed by atoms with Crippen LogP contribution in [0.25, 0.3) is 0 Å². The van der Waals surface area contributed by atoms with Crippen LogP contribution in [0.15, 0.2) is 165 Å². The number of hydrogen-bond acceptors (Lipinski definition) is 8. The summed E-state index contributed by atoms with van der Waals surface area (Å²) in [4.78, 5) is -1.84. The molecule has 0 unspecified atom stereocenters. The molecule has 0 saturated carbocycles. The summed E-state index contributed by atoms with van der Waals surface area (Å²) in [5.74, 6) is 0. The van der Waals surface area contributed by atoms with Crippen LogP contribution in [0.2, 0.25) is 10.0 Å². The first-order chi connectivity index (χ1) is 27.2. The van der Waals surface area contributed by atoms with Crippen LogP contribution in [-0.2, 0) is 40.1 Å². The molecule has 58 heavy (non-hydrogen) atoms. The van der Waals surface area contributed by atoms with Crippen LogP contribution in [-0.4, -0.2) is 41.1 Å². The van der Waals surface area contributed by atoms with Gasteiger partial charge >= 0.3 is 0 Å². The molecule has 0 heterocycles. The van der Waals surface area contributed by atoms with Crippen LogP contribution in [0, 0.1) is 27.7 Å². The Morgan fingerprint density at radius 2 is 0.517 bits per heavy atom. The van der Waals surface area contributed by atoms with Gasteiger partial charge < -0.3 is 0 Å². The SMILES string of the molecule is Cc1ccc(S(=O)(=O)N([C@H](c2ccc(Cl)cc2)[C@H](c2ccc(Cl)cc2)N(S(=O)(=O)c2ccc(C)cc2)S(=O)(=O)c2ccc(C)cc2)S(=O)(=O)c2ccc(C)cc2)cc1. The van der Waals surface area contributed by atoms with E-state index in [0.29, 0.717) is 22.3 Å². The molecule has 6 aromatic carbocycles. The van der Waals surface area contributed by atoms with Crippen LogP contribution in [0.1, 0.15) is 45.5 Å². The molecule has 0 aliphatic rings. The molecular formula is C42H38Cl2N2O8S4. The molecule has 6 aromatic rings. The van der Waals surface area contributed by atoms with Crippen LogP contribution >= 0.6 is 23.2 Å². The van der Waals surface area contributed by atoms with E-state index in [0.717, 1.165) is 0 Å². The molecule has 0 N–H and O–H groups in total. The Labute approximate surface area is 350 Å². The third kappa shape index (κ3) is 8.66. The number of rotatable bonds is 13. The van der Waals surface area contributed by atoms with Crippen LogP contribution in [0.4, 0.5) is 0 Å². The van der Waals surface area contributed by atoms with Crippen molar-refractivity contribution in [2.75, 3.05) is 0 Å². The minimum Gasteiger partial charge on any atom is -0.206 e. The predicted molar refractivity (Wildman–Crippen MR) is 226 cm³/mol. The fraction of sp³-hybridized carbons (Fsp3) is 0.143. The van der Waals surface area contributed by atoms with E-state index in [1.807, 2.05) is 0 Å². The standard InChI is InChI=1S/C42H38Cl2N2O8S4/c1-29-5-21-37(22-6-29)55(47,48)45(56(49,50)38-23-7-30(2)8-24-38)41(33-13-17-35(43)18-14-33)42(34-15-19-36(44)20-16-34)46(57(51,52)39-25-9-31(3)10-26-39)58(53,54)40-27-11-32(4)12-28-40/h5-28,41-42H,1-4H3/t41-,42+. The number of hydrogen-bond donors (Lipinski definition) is 0. The molecule has 6 rings (SSSR count). The average Bonchev–Trinajstić information content (AvgIpc) is 3.17. The van der Waals surface area contributed by atoms with Gasteiger partial charge in [0.15, 0.2) is 0 Å². The molecule has 0 radical (unpaired) electrons. The van der Waals surface area contributed by atoms with Crippen molar-refractivity contribution in [1.82, 2.24) is 7.42 Å². The summed E-state index contributed by atoms with van der Waals surface area (Å²) in [5.41, 5.74) is 2.44. The van der Waals surface area contributed by atoms with Crippen molar-refractivity contribution in [2.45, 2.75) is 59.4 Å². The summed E-state index contributed by atoms with van der Waals surface area (Å²) in [6, 6.07) is 28.1. The van der Waals surface area contributed by atoms with Crippen molar-refractivity contribution in [3.63, 3.8) is 0 Å². The fourth-order valence-corrected chi connectivity index (χ4v) is 14.5. The first kappa shape index (κ1) is 43.2. The number of halogens is 2. The Hall–Kier alpha value is -4.38. The Kier molecular flexibility index (Phi) is 12.4. The quantitative estimate of drug-likeness (QED) is 0.112. The molecule has 16 heteroatoms. The lowest BCUT2D eigenvalue weighted by Gasteiger charge is -2.40. The van der Waals surface area contributed by atoms with Gasteiger partial charge in [-0.3, -0.25) is 0 Å². The molecule has 0 aliphatic carbocycles. The lowest BCUT2D eigenvalue weighted by Crippen LogP contribution is -2.49. The molecule has 0 aliphatic heterocycles. The van der Waals surface area contributed by atoms with E-state index in [-0.39, 0.29) is 28.6 Å². The predicted octanol–water partition coefficient (Wildman–Crippen LogP) is 9.17. The fourth-order valence-electron chi connectivity index (χ4n) is 6.27. The van der Waals surface area contributed by atoms with Gasteiger partial charge in [0.05, 0.1) is 31.7 Å². The molecule has 0 saturated heterocycles. The van der Waals surface area contributed by atoms with E-state index in [1.165, 1.54) is 146 Å². The minimum atomic E-state index is -5.25. The van der Waals surface area contributed by atoms with Gasteiger partial charge in [0.25, 0.3) is 40.1 Å². The second-order valence-electron chi connectivity index (χ2n) is 13.7. The third-order valence-electron chi connectivity index (χ3n) is 9.40. The smallest absolute Gasteiger partial charge is 0.206 e. The van der Waals surface area contributed by atoms with E-state index in [2.05, 4.69) is 0 Å². The lowest BCUT2D eigenvalue weighted by molar-refractivity contribution is 0.300. The van der Waals surface area contributed by atoms with Gasteiger partial charge in [-0.25, -0.2) is 33.7 Å². The van der Waals surface area contributed by atoms with Crippen molar-refractivity contribution in [2.24, 2.45) is 0 Å². The highest BCUT2D eigenvalue weighted by Crippen LogP contribution is 2.48. The van der Waals surface area contributed by atoms with Crippen LogP contribution in [0.5, 0.6) is 0 Å². The van der Waals surface area contributed by atoms with Gasteiger partial charge in [0.1, 0.15) is 0 Å². The summed E-state index contributed by atoms with van der Waals surface area (Å²) in [6.45, 7) is 6.87. The molecule has 0 fully saturated rings. The second-order valence-corrected chi connectivity index (χ2v) is 22.3.